The summed E-state index contributed by atoms with van der Waals surface area (Å²) in [6, 6.07) is 5.41. The summed E-state index contributed by atoms with van der Waals surface area (Å²) in [5.74, 6) is 1.08. The van der Waals surface area contributed by atoms with Gasteiger partial charge in [-0.15, -0.1) is 0 Å². The van der Waals surface area contributed by atoms with Crippen molar-refractivity contribution < 1.29 is 19.0 Å². The van der Waals surface area contributed by atoms with E-state index in [2.05, 4.69) is 13.8 Å². The average molecular weight is 519 g/mol. The lowest BCUT2D eigenvalue weighted by Gasteiger charge is -2.14. The number of carbonyl (C=O) groups is 1. The van der Waals surface area contributed by atoms with Crippen LogP contribution in [0.5, 0.6) is 11.5 Å². The molecule has 0 unspecified atom stereocenters. The van der Waals surface area contributed by atoms with E-state index in [-0.39, 0.29) is 5.97 Å². The number of rotatable bonds is 26. The van der Waals surface area contributed by atoms with Crippen LogP contribution in [0.25, 0.3) is 0 Å². The monoisotopic (exact) mass is 518 g/mol. The van der Waals surface area contributed by atoms with Gasteiger partial charge in [0.05, 0.1) is 25.4 Å². The fourth-order valence-electron chi connectivity index (χ4n) is 4.62. The van der Waals surface area contributed by atoms with Gasteiger partial charge in [-0.25, -0.2) is 4.79 Å². The molecule has 1 aromatic rings. The van der Waals surface area contributed by atoms with Crippen molar-refractivity contribution in [2.24, 2.45) is 0 Å². The van der Waals surface area contributed by atoms with Crippen LogP contribution in [0.1, 0.15) is 160 Å². The zero-order chi connectivity index (χ0) is 26.8. The van der Waals surface area contributed by atoms with Crippen molar-refractivity contribution in [3.8, 4) is 11.5 Å². The Bertz CT molecular complexity index is 658. The molecular formula is C33H58O4. The summed E-state index contributed by atoms with van der Waals surface area (Å²) in [7, 11) is 0. The number of esters is 1. The summed E-state index contributed by atoms with van der Waals surface area (Å²) in [6.45, 7) is 8.06. The molecule has 0 saturated heterocycles. The highest BCUT2D eigenvalue weighted by Crippen LogP contribution is 2.29. The molecule has 1 aromatic carbocycles. The molecule has 1 rings (SSSR count). The minimum atomic E-state index is -0.312. The van der Waals surface area contributed by atoms with E-state index >= 15 is 0 Å². The largest absolute Gasteiger partial charge is 0.490 e. The predicted octanol–water partition coefficient (Wildman–Crippen LogP) is 10.5. The molecule has 0 heterocycles. The van der Waals surface area contributed by atoms with Crippen molar-refractivity contribution in [2.75, 3.05) is 19.8 Å². The molecule has 0 fully saturated rings. The number of unbranched alkanes of at least 4 members (excludes halogenated alkanes) is 18. The van der Waals surface area contributed by atoms with Gasteiger partial charge in [0, 0.05) is 0 Å². The van der Waals surface area contributed by atoms with Crippen molar-refractivity contribution in [1.82, 2.24) is 0 Å². The highest BCUT2D eigenvalue weighted by Gasteiger charge is 2.13. The molecule has 0 aliphatic carbocycles. The molecule has 4 nitrogen and oxygen atoms in total. The van der Waals surface area contributed by atoms with Crippen LogP contribution in [0.3, 0.4) is 0 Å². The second kappa shape index (κ2) is 24.6. The molecule has 0 N–H and O–H groups in total. The maximum Gasteiger partial charge on any atom is 0.338 e. The molecule has 37 heavy (non-hydrogen) atoms. The van der Waals surface area contributed by atoms with Gasteiger partial charge in [0.15, 0.2) is 11.5 Å². The van der Waals surface area contributed by atoms with Gasteiger partial charge in [-0.05, 0) is 38.0 Å². The highest BCUT2D eigenvalue weighted by molar-refractivity contribution is 5.90. The van der Waals surface area contributed by atoms with E-state index in [9.17, 15) is 4.79 Å². The quantitative estimate of drug-likeness (QED) is 0.0903. The van der Waals surface area contributed by atoms with Crippen molar-refractivity contribution in [3.63, 3.8) is 0 Å². The lowest BCUT2D eigenvalue weighted by atomic mass is 10.1. The fraction of sp³-hybridized carbons (Fsp3) is 0.788. The van der Waals surface area contributed by atoms with Gasteiger partial charge in [0.25, 0.3) is 0 Å². The Labute approximate surface area is 229 Å². The lowest BCUT2D eigenvalue weighted by molar-refractivity contribution is 0.0525. The summed E-state index contributed by atoms with van der Waals surface area (Å²) in [5, 5.41) is 0. The molecule has 4 heteroatoms. The SMILES string of the molecule is CCCCCCCCCCCCOc1ccc(C(=O)OCC)cc1OCCCCCCCCCCCC. The minimum absolute atomic E-state index is 0.312. The van der Waals surface area contributed by atoms with Crippen molar-refractivity contribution in [3.05, 3.63) is 23.8 Å². The molecule has 0 atom stereocenters. The zero-order valence-electron chi connectivity index (χ0n) is 24.6. The number of hydrogen-bond acceptors (Lipinski definition) is 4. The van der Waals surface area contributed by atoms with Gasteiger partial charge in [-0.2, -0.15) is 0 Å². The van der Waals surface area contributed by atoms with Crippen molar-refractivity contribution in [2.45, 2.75) is 149 Å². The maximum atomic E-state index is 12.2. The Morgan fingerprint density at radius 1 is 0.541 bits per heavy atom. The first-order chi connectivity index (χ1) is 18.2. The first kappa shape index (κ1) is 33.3. The number of benzene rings is 1. The number of hydrogen-bond donors (Lipinski definition) is 0. The highest BCUT2D eigenvalue weighted by atomic mass is 16.5. The molecule has 0 amide bonds. The number of carbonyl (C=O) groups excluding carboxylic acids is 1. The van der Waals surface area contributed by atoms with Gasteiger partial charge in [-0.3, -0.25) is 0 Å². The Hall–Kier alpha value is -1.71. The van der Waals surface area contributed by atoms with Crippen LogP contribution in [0, 0.1) is 0 Å². The van der Waals surface area contributed by atoms with Crippen LogP contribution < -0.4 is 9.47 Å². The molecule has 0 aromatic heterocycles. The van der Waals surface area contributed by atoms with Crippen LogP contribution >= 0.6 is 0 Å². The molecule has 0 saturated carbocycles. The van der Waals surface area contributed by atoms with Crippen LogP contribution in [0.2, 0.25) is 0 Å². The molecule has 0 aliphatic heterocycles. The first-order valence-electron chi connectivity index (χ1n) is 15.8. The normalized spacial score (nSPS) is 11.0. The third-order valence-corrected chi connectivity index (χ3v) is 6.97. The van der Waals surface area contributed by atoms with E-state index in [1.165, 1.54) is 116 Å². The van der Waals surface area contributed by atoms with Gasteiger partial charge in [0.1, 0.15) is 0 Å². The standard InChI is InChI=1S/C33H58O4/c1-4-7-9-11-13-15-17-19-21-23-27-36-31-26-25-30(33(34)35-6-3)29-32(31)37-28-24-22-20-18-16-14-12-10-8-5-2/h25-26,29H,4-24,27-28H2,1-3H3. The molecule has 214 valence electrons. The smallest absolute Gasteiger partial charge is 0.338 e. The Kier molecular flexibility index (Phi) is 22.2. The summed E-state index contributed by atoms with van der Waals surface area (Å²) < 4.78 is 17.3. The van der Waals surface area contributed by atoms with Gasteiger partial charge in [-0.1, -0.05) is 129 Å². The summed E-state index contributed by atoms with van der Waals surface area (Å²) in [4.78, 5) is 12.2. The molecule has 0 spiro atoms. The number of ether oxygens (including phenoxy) is 3. The Morgan fingerprint density at radius 2 is 0.946 bits per heavy atom. The van der Waals surface area contributed by atoms with Gasteiger partial charge in [0.2, 0.25) is 0 Å². The lowest BCUT2D eigenvalue weighted by Crippen LogP contribution is -2.07. The summed E-state index contributed by atoms with van der Waals surface area (Å²) in [5.41, 5.74) is 0.520. The maximum absolute atomic E-state index is 12.2. The second-order valence-electron chi connectivity index (χ2n) is 10.4. The molecule has 0 bridgehead atoms. The predicted molar refractivity (Wildman–Crippen MR) is 157 cm³/mol. The van der Waals surface area contributed by atoms with Crippen LogP contribution in [-0.2, 0) is 4.74 Å². The summed E-state index contributed by atoms with van der Waals surface area (Å²) >= 11 is 0. The van der Waals surface area contributed by atoms with Crippen molar-refractivity contribution >= 4 is 5.97 Å². The molecule has 0 aliphatic rings. The van der Waals surface area contributed by atoms with Gasteiger partial charge < -0.3 is 14.2 Å². The minimum Gasteiger partial charge on any atom is -0.490 e. The topological polar surface area (TPSA) is 44.8 Å². The molecule has 0 radical (unpaired) electrons. The molecular weight excluding hydrogens is 460 g/mol. The van der Waals surface area contributed by atoms with E-state index < -0.39 is 0 Å². The summed E-state index contributed by atoms with van der Waals surface area (Å²) in [6.07, 6.45) is 26.0. The van der Waals surface area contributed by atoms with E-state index in [0.29, 0.717) is 31.1 Å². The van der Waals surface area contributed by atoms with Crippen LogP contribution in [-0.4, -0.2) is 25.8 Å². The van der Waals surface area contributed by atoms with E-state index in [4.69, 9.17) is 14.2 Å². The van der Waals surface area contributed by atoms with E-state index in [1.807, 2.05) is 13.0 Å². The Balaban J connectivity index is 2.32. The van der Waals surface area contributed by atoms with E-state index in [1.54, 1.807) is 12.1 Å². The Morgan fingerprint density at radius 3 is 1.38 bits per heavy atom. The fourth-order valence-corrected chi connectivity index (χ4v) is 4.62. The van der Waals surface area contributed by atoms with Crippen LogP contribution in [0.4, 0.5) is 0 Å². The van der Waals surface area contributed by atoms with Crippen molar-refractivity contribution in [1.29, 1.82) is 0 Å². The van der Waals surface area contributed by atoms with Gasteiger partial charge >= 0.3 is 5.97 Å². The first-order valence-corrected chi connectivity index (χ1v) is 15.8. The van der Waals surface area contributed by atoms with E-state index in [0.717, 1.165) is 18.6 Å². The zero-order valence-corrected chi connectivity index (χ0v) is 24.6. The third-order valence-electron chi connectivity index (χ3n) is 6.97. The van der Waals surface area contributed by atoms with Crippen LogP contribution in [0.15, 0.2) is 18.2 Å². The average Bonchev–Trinajstić information content (AvgIpc) is 2.91. The third kappa shape index (κ3) is 18.2. The second-order valence-corrected chi connectivity index (χ2v) is 10.4.